The van der Waals surface area contributed by atoms with E-state index in [2.05, 4.69) is 0 Å². The third-order valence-electron chi connectivity index (χ3n) is 3.42. The van der Waals surface area contributed by atoms with Gasteiger partial charge in [0, 0.05) is 7.11 Å². The van der Waals surface area contributed by atoms with E-state index in [9.17, 15) is 10.2 Å². The van der Waals surface area contributed by atoms with Crippen LogP contribution in [0.25, 0.3) is 0 Å². The van der Waals surface area contributed by atoms with Crippen LogP contribution in [-0.2, 0) is 20.8 Å². The maximum Gasteiger partial charge on any atom is 0.175 e. The lowest BCUT2D eigenvalue weighted by molar-refractivity contribution is -0.268. The van der Waals surface area contributed by atoms with E-state index in [0.29, 0.717) is 6.61 Å². The minimum absolute atomic E-state index is 0.275. The Labute approximate surface area is 118 Å². The van der Waals surface area contributed by atoms with E-state index in [-0.39, 0.29) is 6.61 Å². The summed E-state index contributed by atoms with van der Waals surface area (Å²) in [6, 6.07) is 8.84. The normalized spacial score (nSPS) is 34.1. The minimum atomic E-state index is -0.963. The topological polar surface area (TPSA) is 94.2 Å². The van der Waals surface area contributed by atoms with Gasteiger partial charge in [-0.15, -0.1) is 0 Å². The molecule has 1 aliphatic heterocycles. The molecule has 0 aromatic heterocycles. The summed E-state index contributed by atoms with van der Waals surface area (Å²) in [5.74, 6) is 0. The van der Waals surface area contributed by atoms with Gasteiger partial charge in [-0.3, -0.25) is 0 Å². The van der Waals surface area contributed by atoms with Crippen LogP contribution in [0.2, 0.25) is 0 Å². The van der Waals surface area contributed by atoms with Gasteiger partial charge in [-0.1, -0.05) is 30.3 Å². The van der Waals surface area contributed by atoms with Crippen LogP contribution >= 0.6 is 0 Å². The van der Waals surface area contributed by atoms with Crippen LogP contribution in [-0.4, -0.2) is 54.6 Å². The van der Waals surface area contributed by atoms with Crippen LogP contribution in [0.1, 0.15) is 5.56 Å². The molecule has 1 saturated heterocycles. The Morgan fingerprint density at radius 3 is 2.60 bits per heavy atom. The fraction of sp³-hybridized carbons (Fsp3) is 0.571. The molecule has 0 amide bonds. The van der Waals surface area contributed by atoms with Gasteiger partial charge in [0.05, 0.1) is 19.3 Å². The summed E-state index contributed by atoms with van der Waals surface area (Å²) in [5.41, 5.74) is 6.82. The quantitative estimate of drug-likeness (QED) is 0.682. The van der Waals surface area contributed by atoms with Crippen molar-refractivity contribution in [3.05, 3.63) is 35.9 Å². The molecule has 112 valence electrons. The lowest BCUT2D eigenvalue weighted by Crippen LogP contribution is -2.63. The Hall–Kier alpha value is -1.02. The number of ether oxygens (including phenoxy) is 3. The zero-order valence-electron chi connectivity index (χ0n) is 11.4. The van der Waals surface area contributed by atoms with Crippen molar-refractivity contribution in [3.63, 3.8) is 0 Å². The second kappa shape index (κ2) is 7.12. The fourth-order valence-electron chi connectivity index (χ4n) is 2.27. The zero-order valence-corrected chi connectivity index (χ0v) is 11.4. The van der Waals surface area contributed by atoms with Gasteiger partial charge in [0.25, 0.3) is 0 Å². The summed E-state index contributed by atoms with van der Waals surface area (Å²) in [4.78, 5) is 0. The Bertz CT molecular complexity index is 400. The lowest BCUT2D eigenvalue weighted by Gasteiger charge is -2.41. The SMILES string of the molecule is CO[C@@H]1O[C@H](CO)[C@H](OCc2ccccc2)[C@H](O)[C@H]1N. The van der Waals surface area contributed by atoms with Gasteiger partial charge >= 0.3 is 0 Å². The molecule has 0 saturated carbocycles. The van der Waals surface area contributed by atoms with Gasteiger partial charge < -0.3 is 30.2 Å². The second-order valence-corrected chi connectivity index (χ2v) is 4.79. The first kappa shape index (κ1) is 15.4. The summed E-state index contributed by atoms with van der Waals surface area (Å²) in [7, 11) is 1.44. The number of rotatable bonds is 5. The van der Waals surface area contributed by atoms with E-state index >= 15 is 0 Å². The highest BCUT2D eigenvalue weighted by Gasteiger charge is 2.44. The van der Waals surface area contributed by atoms with Gasteiger partial charge in [0.15, 0.2) is 6.29 Å². The Kier molecular flexibility index (Phi) is 5.47. The standard InChI is InChI=1S/C14H21NO5/c1-18-14-11(15)12(17)13(10(7-16)20-14)19-8-9-5-3-2-4-6-9/h2-6,10-14,16-17H,7-8,15H2,1H3/t10-,11-,12-,13+,14-/m1/s1. The summed E-state index contributed by atoms with van der Waals surface area (Å²) >= 11 is 0. The molecule has 2 rings (SSSR count). The van der Waals surface area contributed by atoms with Crippen LogP contribution in [0.5, 0.6) is 0 Å². The Balaban J connectivity index is 2.01. The molecule has 0 unspecified atom stereocenters. The van der Waals surface area contributed by atoms with Crippen LogP contribution in [0.3, 0.4) is 0 Å². The first-order valence-corrected chi connectivity index (χ1v) is 6.55. The molecule has 1 aromatic rings. The summed E-state index contributed by atoms with van der Waals surface area (Å²) < 4.78 is 16.2. The molecule has 0 spiro atoms. The van der Waals surface area contributed by atoms with Crippen molar-refractivity contribution in [2.24, 2.45) is 5.73 Å². The van der Waals surface area contributed by atoms with Crippen molar-refractivity contribution in [2.75, 3.05) is 13.7 Å². The number of aliphatic hydroxyl groups excluding tert-OH is 2. The highest BCUT2D eigenvalue weighted by molar-refractivity contribution is 5.13. The number of methoxy groups -OCH3 is 1. The number of aliphatic hydroxyl groups is 2. The van der Waals surface area contributed by atoms with Crippen molar-refractivity contribution < 1.29 is 24.4 Å². The molecular weight excluding hydrogens is 262 g/mol. The van der Waals surface area contributed by atoms with Gasteiger partial charge in [-0.25, -0.2) is 0 Å². The Morgan fingerprint density at radius 2 is 2.00 bits per heavy atom. The molecule has 0 radical (unpaired) electrons. The summed E-state index contributed by atoms with van der Waals surface area (Å²) in [6.45, 7) is 0.0376. The van der Waals surface area contributed by atoms with Crippen molar-refractivity contribution in [1.29, 1.82) is 0 Å². The number of hydrogen-bond donors (Lipinski definition) is 3. The molecular formula is C14H21NO5. The fourth-order valence-corrected chi connectivity index (χ4v) is 2.27. The van der Waals surface area contributed by atoms with Crippen LogP contribution < -0.4 is 5.73 Å². The highest BCUT2D eigenvalue weighted by Crippen LogP contribution is 2.23. The molecule has 1 aliphatic rings. The van der Waals surface area contributed by atoms with E-state index in [1.165, 1.54) is 7.11 Å². The van der Waals surface area contributed by atoms with E-state index in [1.807, 2.05) is 30.3 Å². The third kappa shape index (κ3) is 3.35. The van der Waals surface area contributed by atoms with E-state index in [0.717, 1.165) is 5.56 Å². The molecule has 1 fully saturated rings. The second-order valence-electron chi connectivity index (χ2n) is 4.79. The van der Waals surface area contributed by atoms with E-state index < -0.39 is 30.6 Å². The van der Waals surface area contributed by atoms with Gasteiger partial charge in [-0.2, -0.15) is 0 Å². The van der Waals surface area contributed by atoms with Crippen molar-refractivity contribution in [3.8, 4) is 0 Å². The monoisotopic (exact) mass is 283 g/mol. The Morgan fingerprint density at radius 1 is 1.30 bits per heavy atom. The first-order chi connectivity index (χ1) is 9.67. The average Bonchev–Trinajstić information content (AvgIpc) is 2.49. The molecule has 0 aliphatic carbocycles. The molecule has 5 atom stereocenters. The maximum atomic E-state index is 10.2. The van der Waals surface area contributed by atoms with Gasteiger partial charge in [0.1, 0.15) is 18.3 Å². The predicted octanol–water partition coefficient (Wildman–Crippen LogP) is -0.376. The van der Waals surface area contributed by atoms with E-state index in [4.69, 9.17) is 19.9 Å². The molecule has 6 nitrogen and oxygen atoms in total. The number of nitrogens with two attached hydrogens (primary N) is 1. The zero-order chi connectivity index (χ0) is 14.5. The van der Waals surface area contributed by atoms with Crippen molar-refractivity contribution >= 4 is 0 Å². The third-order valence-corrected chi connectivity index (χ3v) is 3.42. The maximum absolute atomic E-state index is 10.2. The van der Waals surface area contributed by atoms with Crippen molar-refractivity contribution in [2.45, 2.75) is 37.3 Å². The van der Waals surface area contributed by atoms with Crippen LogP contribution in [0, 0.1) is 0 Å². The van der Waals surface area contributed by atoms with Gasteiger partial charge in [-0.05, 0) is 5.56 Å². The summed E-state index contributed by atoms with van der Waals surface area (Å²) in [5, 5.41) is 19.6. The van der Waals surface area contributed by atoms with Crippen LogP contribution in [0.15, 0.2) is 30.3 Å². The summed E-state index contributed by atoms with van der Waals surface area (Å²) in [6.07, 6.45) is -3.08. The molecule has 1 aromatic carbocycles. The molecule has 20 heavy (non-hydrogen) atoms. The van der Waals surface area contributed by atoms with Gasteiger partial charge in [0.2, 0.25) is 0 Å². The molecule has 0 bridgehead atoms. The van der Waals surface area contributed by atoms with Crippen LogP contribution in [0.4, 0.5) is 0 Å². The lowest BCUT2D eigenvalue weighted by atomic mass is 9.97. The largest absolute Gasteiger partial charge is 0.394 e. The molecule has 6 heteroatoms. The van der Waals surface area contributed by atoms with Crippen molar-refractivity contribution in [1.82, 2.24) is 0 Å². The molecule has 1 heterocycles. The molecule has 4 N–H and O–H groups in total. The highest BCUT2D eigenvalue weighted by atomic mass is 16.7. The smallest absolute Gasteiger partial charge is 0.175 e. The minimum Gasteiger partial charge on any atom is -0.394 e. The number of hydrogen-bond acceptors (Lipinski definition) is 6. The average molecular weight is 283 g/mol. The number of benzene rings is 1. The predicted molar refractivity (Wildman–Crippen MR) is 71.8 cm³/mol. The van der Waals surface area contributed by atoms with E-state index in [1.54, 1.807) is 0 Å². The first-order valence-electron chi connectivity index (χ1n) is 6.55.